The Morgan fingerprint density at radius 2 is 1.43 bits per heavy atom. The molecular weight excluding hydrogens is 522 g/mol. The molecule has 5 rings (SSSR count). The van der Waals surface area contributed by atoms with Crippen molar-refractivity contribution in [1.82, 2.24) is 4.90 Å². The Hall–Kier alpha value is -2.89. The van der Waals surface area contributed by atoms with Crippen molar-refractivity contribution in [2.45, 2.75) is 72.3 Å². The summed E-state index contributed by atoms with van der Waals surface area (Å²) in [5.74, 6) is 0.476. The van der Waals surface area contributed by atoms with Gasteiger partial charge in [0.15, 0.2) is 11.6 Å². The average Bonchev–Trinajstić information content (AvgIpc) is 2.87. The molecule has 6 heteroatoms. The van der Waals surface area contributed by atoms with Gasteiger partial charge in [-0.05, 0) is 42.2 Å². The molecule has 1 heterocycles. The standard InChI is InChI=1S/C34H40ClNO4/c1-33(2)17-25-31(27(37)19-33)30(23-12-7-9-14-29(23)40-21-22-11-6-8-13-24(22)35)32-26(36(25)15-10-16-39-5)18-34(3,4)20-28(32)38/h6-9,11-14,30H,10,15-21H2,1-5H3. The maximum atomic E-state index is 14.0. The normalized spacial score (nSPS) is 20.5. The summed E-state index contributed by atoms with van der Waals surface area (Å²) in [6, 6.07) is 15.5. The summed E-state index contributed by atoms with van der Waals surface area (Å²) in [6.07, 6.45) is 3.30. The highest BCUT2D eigenvalue weighted by molar-refractivity contribution is 6.31. The number of allylic oxidation sites excluding steroid dienone is 4. The predicted molar refractivity (Wildman–Crippen MR) is 158 cm³/mol. The van der Waals surface area contributed by atoms with Crippen molar-refractivity contribution in [1.29, 1.82) is 0 Å². The Balaban J connectivity index is 1.67. The largest absolute Gasteiger partial charge is 0.489 e. The number of methoxy groups -OCH3 is 1. The fourth-order valence-corrected chi connectivity index (χ4v) is 6.81. The maximum absolute atomic E-state index is 14.0. The van der Waals surface area contributed by atoms with Gasteiger partial charge in [-0.1, -0.05) is 75.7 Å². The minimum absolute atomic E-state index is 0.123. The summed E-state index contributed by atoms with van der Waals surface area (Å²) in [5, 5.41) is 0.647. The number of Topliss-reactive ketones (excluding diaryl/α,β-unsaturated/α-hetero) is 2. The van der Waals surface area contributed by atoms with E-state index in [1.165, 1.54) is 0 Å². The van der Waals surface area contributed by atoms with Gasteiger partial charge in [0, 0.05) is 77.7 Å². The van der Waals surface area contributed by atoms with E-state index in [4.69, 9.17) is 21.1 Å². The molecule has 1 aliphatic heterocycles. The zero-order valence-corrected chi connectivity index (χ0v) is 25.1. The van der Waals surface area contributed by atoms with Gasteiger partial charge in [-0.25, -0.2) is 0 Å². The smallest absolute Gasteiger partial charge is 0.162 e. The molecule has 2 aromatic rings. The molecule has 5 nitrogen and oxygen atoms in total. The molecule has 0 fully saturated rings. The van der Waals surface area contributed by atoms with Crippen LogP contribution in [0.2, 0.25) is 5.02 Å². The van der Waals surface area contributed by atoms with Gasteiger partial charge in [-0.2, -0.15) is 0 Å². The third kappa shape index (κ3) is 5.64. The van der Waals surface area contributed by atoms with Gasteiger partial charge in [-0.3, -0.25) is 9.59 Å². The molecule has 0 aromatic heterocycles. The van der Waals surface area contributed by atoms with Gasteiger partial charge in [0.05, 0.1) is 0 Å². The van der Waals surface area contributed by atoms with E-state index in [0.29, 0.717) is 36.8 Å². The van der Waals surface area contributed by atoms with Crippen molar-refractivity contribution in [3.8, 4) is 5.75 Å². The number of hydrogen-bond acceptors (Lipinski definition) is 5. The van der Waals surface area contributed by atoms with Crippen LogP contribution in [0.15, 0.2) is 71.1 Å². The third-order valence-electron chi connectivity index (χ3n) is 8.32. The quantitative estimate of drug-likeness (QED) is 0.310. The summed E-state index contributed by atoms with van der Waals surface area (Å²) >= 11 is 6.42. The molecule has 0 radical (unpaired) electrons. The van der Waals surface area contributed by atoms with E-state index < -0.39 is 5.92 Å². The highest BCUT2D eigenvalue weighted by atomic mass is 35.5. The molecule has 0 saturated carbocycles. The molecule has 0 spiro atoms. The molecule has 0 atom stereocenters. The molecule has 212 valence electrons. The minimum Gasteiger partial charge on any atom is -0.489 e. The highest BCUT2D eigenvalue weighted by Crippen LogP contribution is 2.55. The second-order valence-corrected chi connectivity index (χ2v) is 13.4. The Morgan fingerprint density at radius 1 is 0.850 bits per heavy atom. The van der Waals surface area contributed by atoms with E-state index in [1.807, 2.05) is 48.5 Å². The maximum Gasteiger partial charge on any atom is 0.162 e. The van der Waals surface area contributed by atoms with Gasteiger partial charge < -0.3 is 14.4 Å². The minimum atomic E-state index is -0.446. The van der Waals surface area contributed by atoms with Crippen molar-refractivity contribution < 1.29 is 19.1 Å². The molecule has 2 aliphatic carbocycles. The Kier molecular flexibility index (Phi) is 8.00. The van der Waals surface area contributed by atoms with Crippen LogP contribution >= 0.6 is 11.6 Å². The van der Waals surface area contributed by atoms with Gasteiger partial charge >= 0.3 is 0 Å². The summed E-state index contributed by atoms with van der Waals surface area (Å²) in [6.45, 7) is 10.3. The number of halogens is 1. The van der Waals surface area contributed by atoms with Crippen LogP contribution in [-0.2, 0) is 20.9 Å². The van der Waals surface area contributed by atoms with E-state index in [0.717, 1.165) is 59.5 Å². The summed E-state index contributed by atoms with van der Waals surface area (Å²) < 4.78 is 11.8. The van der Waals surface area contributed by atoms with Crippen LogP contribution in [0.5, 0.6) is 5.75 Å². The van der Waals surface area contributed by atoms with E-state index in [-0.39, 0.29) is 22.4 Å². The predicted octanol–water partition coefficient (Wildman–Crippen LogP) is 7.64. The van der Waals surface area contributed by atoms with E-state index in [9.17, 15) is 9.59 Å². The SMILES string of the molecule is COCCCN1C2=C(C(=O)CC(C)(C)C2)C(c2ccccc2OCc2ccccc2Cl)C2=C1CC(C)(C)CC2=O. The molecule has 0 saturated heterocycles. The van der Waals surface area contributed by atoms with Gasteiger partial charge in [-0.15, -0.1) is 0 Å². The van der Waals surface area contributed by atoms with Crippen molar-refractivity contribution in [2.75, 3.05) is 20.3 Å². The van der Waals surface area contributed by atoms with Crippen LogP contribution in [0.25, 0.3) is 0 Å². The molecule has 3 aliphatic rings. The molecule has 0 unspecified atom stereocenters. The highest BCUT2D eigenvalue weighted by Gasteiger charge is 2.49. The summed E-state index contributed by atoms with van der Waals surface area (Å²) in [5.41, 5.74) is 5.08. The lowest BCUT2D eigenvalue weighted by Crippen LogP contribution is -2.44. The Morgan fingerprint density at radius 3 is 2.02 bits per heavy atom. The first kappa shape index (κ1) is 28.6. The fraction of sp³-hybridized carbons (Fsp3) is 0.471. The van der Waals surface area contributed by atoms with Crippen molar-refractivity contribution in [2.24, 2.45) is 10.8 Å². The summed E-state index contributed by atoms with van der Waals surface area (Å²) in [7, 11) is 1.71. The molecule has 40 heavy (non-hydrogen) atoms. The lowest BCUT2D eigenvalue weighted by molar-refractivity contribution is -0.119. The Labute approximate surface area is 243 Å². The number of nitrogens with zero attached hydrogens (tertiary/aromatic N) is 1. The van der Waals surface area contributed by atoms with Gasteiger partial charge in [0.2, 0.25) is 0 Å². The zero-order valence-electron chi connectivity index (χ0n) is 24.3. The second kappa shape index (κ2) is 11.2. The molecule has 0 N–H and O–H groups in total. The summed E-state index contributed by atoms with van der Waals surface area (Å²) in [4.78, 5) is 30.4. The van der Waals surface area contributed by atoms with E-state index >= 15 is 0 Å². The van der Waals surface area contributed by atoms with Crippen LogP contribution in [0.1, 0.15) is 76.8 Å². The van der Waals surface area contributed by atoms with Gasteiger partial charge in [0.1, 0.15) is 12.4 Å². The van der Waals surface area contributed by atoms with Crippen LogP contribution in [0.3, 0.4) is 0 Å². The number of carbonyl (C=O) groups is 2. The lowest BCUT2D eigenvalue weighted by atomic mass is 9.63. The van der Waals surface area contributed by atoms with Crippen LogP contribution in [0, 0.1) is 10.8 Å². The van der Waals surface area contributed by atoms with E-state index in [1.54, 1.807) is 7.11 Å². The number of carbonyl (C=O) groups excluding carboxylic acids is 2. The zero-order chi connectivity index (χ0) is 28.7. The number of para-hydroxylation sites is 1. The first-order valence-corrected chi connectivity index (χ1v) is 14.6. The lowest BCUT2D eigenvalue weighted by Gasteiger charge is -2.49. The van der Waals surface area contributed by atoms with Crippen molar-refractivity contribution in [3.63, 3.8) is 0 Å². The third-order valence-corrected chi connectivity index (χ3v) is 8.69. The molecule has 0 amide bonds. The number of ether oxygens (including phenoxy) is 2. The molecule has 2 aromatic carbocycles. The number of ketones is 2. The topological polar surface area (TPSA) is 55.8 Å². The Bertz CT molecular complexity index is 1330. The van der Waals surface area contributed by atoms with Gasteiger partial charge in [0.25, 0.3) is 0 Å². The van der Waals surface area contributed by atoms with Crippen LogP contribution in [0.4, 0.5) is 0 Å². The van der Waals surface area contributed by atoms with Crippen LogP contribution < -0.4 is 4.74 Å². The number of benzene rings is 2. The number of rotatable bonds is 8. The monoisotopic (exact) mass is 561 g/mol. The second-order valence-electron chi connectivity index (χ2n) is 13.0. The first-order chi connectivity index (χ1) is 19.0. The van der Waals surface area contributed by atoms with Crippen LogP contribution in [-0.4, -0.2) is 36.7 Å². The average molecular weight is 562 g/mol. The first-order valence-electron chi connectivity index (χ1n) is 14.3. The fourth-order valence-electron chi connectivity index (χ4n) is 6.62. The molecule has 0 bridgehead atoms. The molecular formula is C34H40ClNO4. The van der Waals surface area contributed by atoms with E-state index in [2.05, 4.69) is 32.6 Å². The van der Waals surface area contributed by atoms with Crippen molar-refractivity contribution in [3.05, 3.63) is 87.2 Å². The van der Waals surface area contributed by atoms with Crippen molar-refractivity contribution >= 4 is 23.2 Å². The number of hydrogen-bond donors (Lipinski definition) is 0.